The summed E-state index contributed by atoms with van der Waals surface area (Å²) in [7, 11) is 1.80. The summed E-state index contributed by atoms with van der Waals surface area (Å²) in [5, 5.41) is 7.83. The van der Waals surface area contributed by atoms with Gasteiger partial charge in [-0.25, -0.2) is 4.68 Å². The molecular weight excluding hydrogens is 288 g/mol. The summed E-state index contributed by atoms with van der Waals surface area (Å²) in [6, 6.07) is 17.5. The molecule has 4 rings (SSSR count). The molecule has 5 heteroatoms. The molecule has 1 aromatic heterocycles. The van der Waals surface area contributed by atoms with E-state index < -0.39 is 0 Å². The molecule has 1 N–H and O–H groups in total. The Bertz CT molecular complexity index is 856. The lowest BCUT2D eigenvalue weighted by molar-refractivity contribution is 0.0735. The number of anilines is 1. The number of hydrogen-bond donors (Lipinski definition) is 1. The zero-order valence-corrected chi connectivity index (χ0v) is 12.7. The molecule has 2 aromatic carbocycles. The van der Waals surface area contributed by atoms with Crippen LogP contribution < -0.4 is 5.32 Å². The predicted molar refractivity (Wildman–Crippen MR) is 88.5 cm³/mol. The molecule has 5 nitrogen and oxygen atoms in total. The van der Waals surface area contributed by atoms with Gasteiger partial charge in [-0.3, -0.25) is 4.79 Å². The van der Waals surface area contributed by atoms with Gasteiger partial charge in [-0.1, -0.05) is 30.3 Å². The van der Waals surface area contributed by atoms with Gasteiger partial charge < -0.3 is 10.2 Å². The van der Waals surface area contributed by atoms with Crippen LogP contribution in [0.1, 0.15) is 22.1 Å². The molecule has 2 heterocycles. The van der Waals surface area contributed by atoms with E-state index in [1.165, 1.54) is 0 Å². The van der Waals surface area contributed by atoms with Crippen molar-refractivity contribution in [3.05, 3.63) is 78.1 Å². The maximum absolute atomic E-state index is 12.5. The number of benzene rings is 2. The van der Waals surface area contributed by atoms with Gasteiger partial charge in [-0.15, -0.1) is 0 Å². The number of nitrogens with one attached hydrogen (secondary N) is 1. The lowest BCUT2D eigenvalue weighted by Crippen LogP contribution is -2.39. The van der Waals surface area contributed by atoms with Gasteiger partial charge in [0.1, 0.15) is 6.17 Å². The van der Waals surface area contributed by atoms with Crippen molar-refractivity contribution in [1.82, 2.24) is 14.7 Å². The number of amides is 1. The molecule has 0 radical (unpaired) electrons. The normalized spacial score (nSPS) is 16.8. The average Bonchev–Trinajstić information content (AvgIpc) is 3.09. The predicted octanol–water partition coefficient (Wildman–Crippen LogP) is 3.07. The lowest BCUT2D eigenvalue weighted by Gasteiger charge is -2.34. The van der Waals surface area contributed by atoms with Crippen molar-refractivity contribution >= 4 is 11.6 Å². The molecule has 0 fully saturated rings. The molecule has 1 atom stereocenters. The van der Waals surface area contributed by atoms with E-state index in [2.05, 4.69) is 10.4 Å². The Labute approximate surface area is 134 Å². The number of fused-ring (bicyclic) bond motifs is 1. The molecule has 3 aromatic rings. The van der Waals surface area contributed by atoms with Crippen LogP contribution in [-0.4, -0.2) is 27.6 Å². The number of carbonyl (C=O) groups excluding carboxylic acids is 1. The lowest BCUT2D eigenvalue weighted by atomic mass is 10.1. The smallest absolute Gasteiger partial charge is 0.257 e. The van der Waals surface area contributed by atoms with E-state index in [1.54, 1.807) is 18.1 Å². The number of rotatable bonds is 2. The highest BCUT2D eigenvalue weighted by Crippen LogP contribution is 2.31. The van der Waals surface area contributed by atoms with Crippen LogP contribution in [0.5, 0.6) is 0 Å². The van der Waals surface area contributed by atoms with E-state index in [0.717, 1.165) is 16.9 Å². The number of aromatic nitrogens is 2. The second kappa shape index (κ2) is 5.28. The fourth-order valence-electron chi connectivity index (χ4n) is 2.85. The third-order valence-electron chi connectivity index (χ3n) is 4.10. The first-order valence-electron chi connectivity index (χ1n) is 7.47. The zero-order valence-electron chi connectivity index (χ0n) is 12.7. The first kappa shape index (κ1) is 13.6. The minimum atomic E-state index is -0.227. The monoisotopic (exact) mass is 304 g/mol. The quantitative estimate of drug-likeness (QED) is 0.791. The molecule has 0 spiro atoms. The maximum atomic E-state index is 12.5. The van der Waals surface area contributed by atoms with Crippen molar-refractivity contribution in [2.24, 2.45) is 0 Å². The first-order valence-corrected chi connectivity index (χ1v) is 7.47. The maximum Gasteiger partial charge on any atom is 0.257 e. The highest BCUT2D eigenvalue weighted by molar-refractivity contribution is 6.01. The highest BCUT2D eigenvalue weighted by Gasteiger charge is 2.30. The molecule has 1 aliphatic rings. The summed E-state index contributed by atoms with van der Waals surface area (Å²) < 4.78 is 1.82. The SMILES string of the molecule is CN1C(=O)c2ccccc2N[C@@H]1c1cnn(-c2ccccc2)c1. The third-order valence-corrected chi connectivity index (χ3v) is 4.10. The summed E-state index contributed by atoms with van der Waals surface area (Å²) in [5.41, 5.74) is 3.48. The summed E-state index contributed by atoms with van der Waals surface area (Å²) in [5.74, 6) is 0.0109. The Balaban J connectivity index is 1.69. The summed E-state index contributed by atoms with van der Waals surface area (Å²) in [6.45, 7) is 0. The van der Waals surface area contributed by atoms with E-state index in [9.17, 15) is 4.79 Å². The van der Waals surface area contributed by atoms with Crippen LogP contribution in [-0.2, 0) is 0 Å². The number of para-hydroxylation sites is 2. The molecule has 0 saturated heterocycles. The molecular formula is C18H16N4O. The average molecular weight is 304 g/mol. The number of nitrogens with zero attached hydrogens (tertiary/aromatic N) is 3. The van der Waals surface area contributed by atoms with Crippen LogP contribution in [0.3, 0.4) is 0 Å². The van der Waals surface area contributed by atoms with Gasteiger partial charge in [0.15, 0.2) is 0 Å². The molecule has 0 aliphatic carbocycles. The van der Waals surface area contributed by atoms with Crippen molar-refractivity contribution in [2.75, 3.05) is 12.4 Å². The Hall–Kier alpha value is -3.08. The highest BCUT2D eigenvalue weighted by atomic mass is 16.2. The van der Waals surface area contributed by atoms with E-state index >= 15 is 0 Å². The second-order valence-electron chi connectivity index (χ2n) is 5.56. The Morgan fingerprint density at radius 2 is 1.78 bits per heavy atom. The minimum absolute atomic E-state index is 0.0109. The molecule has 0 unspecified atom stereocenters. The first-order chi connectivity index (χ1) is 11.2. The Kier molecular flexibility index (Phi) is 3.12. The second-order valence-corrected chi connectivity index (χ2v) is 5.56. The van der Waals surface area contributed by atoms with Gasteiger partial charge in [0.25, 0.3) is 5.91 Å². The van der Waals surface area contributed by atoms with Crippen molar-refractivity contribution in [3.8, 4) is 5.69 Å². The van der Waals surface area contributed by atoms with Crippen molar-refractivity contribution < 1.29 is 4.79 Å². The van der Waals surface area contributed by atoms with Crippen LogP contribution in [0.4, 0.5) is 5.69 Å². The topological polar surface area (TPSA) is 50.2 Å². The minimum Gasteiger partial charge on any atom is -0.361 e. The summed E-state index contributed by atoms with van der Waals surface area (Å²) in [4.78, 5) is 14.2. The molecule has 1 amide bonds. The van der Waals surface area contributed by atoms with Gasteiger partial charge in [-0.2, -0.15) is 5.10 Å². The van der Waals surface area contributed by atoms with Crippen LogP contribution in [0.15, 0.2) is 67.0 Å². The van der Waals surface area contributed by atoms with Crippen molar-refractivity contribution in [2.45, 2.75) is 6.17 Å². The molecule has 1 aliphatic heterocycles. The molecule has 114 valence electrons. The van der Waals surface area contributed by atoms with Gasteiger partial charge in [0.2, 0.25) is 0 Å². The van der Waals surface area contributed by atoms with E-state index in [0.29, 0.717) is 5.56 Å². The molecule has 0 saturated carbocycles. The third kappa shape index (κ3) is 2.26. The van der Waals surface area contributed by atoms with Crippen LogP contribution >= 0.6 is 0 Å². The molecule has 0 bridgehead atoms. The van der Waals surface area contributed by atoms with Crippen LogP contribution in [0.2, 0.25) is 0 Å². The van der Waals surface area contributed by atoms with E-state index in [-0.39, 0.29) is 12.1 Å². The zero-order chi connectivity index (χ0) is 15.8. The fourth-order valence-corrected chi connectivity index (χ4v) is 2.85. The van der Waals surface area contributed by atoms with Gasteiger partial charge in [-0.05, 0) is 24.3 Å². The van der Waals surface area contributed by atoms with Gasteiger partial charge in [0.05, 0.1) is 17.4 Å². The Morgan fingerprint density at radius 3 is 2.61 bits per heavy atom. The van der Waals surface area contributed by atoms with Crippen molar-refractivity contribution in [1.29, 1.82) is 0 Å². The van der Waals surface area contributed by atoms with Gasteiger partial charge >= 0.3 is 0 Å². The Morgan fingerprint density at radius 1 is 1.04 bits per heavy atom. The standard InChI is InChI=1S/C18H16N4O/c1-21-17(20-16-10-6-5-9-15(16)18(21)23)13-11-19-22(12-13)14-7-3-2-4-8-14/h2-12,17,20H,1H3/t17-/m0/s1. The summed E-state index contributed by atoms with van der Waals surface area (Å²) in [6.07, 6.45) is 3.52. The number of hydrogen-bond acceptors (Lipinski definition) is 3. The van der Waals surface area contributed by atoms with Crippen molar-refractivity contribution in [3.63, 3.8) is 0 Å². The largest absolute Gasteiger partial charge is 0.361 e. The van der Waals surface area contributed by atoms with E-state index in [1.807, 2.05) is 65.5 Å². The molecule has 23 heavy (non-hydrogen) atoms. The van der Waals surface area contributed by atoms with Crippen LogP contribution in [0.25, 0.3) is 5.69 Å². The van der Waals surface area contributed by atoms with E-state index in [4.69, 9.17) is 0 Å². The summed E-state index contributed by atoms with van der Waals surface area (Å²) >= 11 is 0. The fraction of sp³-hybridized carbons (Fsp3) is 0.111. The van der Waals surface area contributed by atoms with Gasteiger partial charge in [0, 0.05) is 24.5 Å². The van der Waals surface area contributed by atoms with Crippen LogP contribution in [0, 0.1) is 0 Å². The number of carbonyl (C=O) groups is 1.